The Bertz CT molecular complexity index is 836. The van der Waals surface area contributed by atoms with Crippen molar-refractivity contribution < 1.29 is 23.8 Å². The first-order chi connectivity index (χ1) is 14.6. The minimum Gasteiger partial charge on any atom is -0.494 e. The summed E-state index contributed by atoms with van der Waals surface area (Å²) in [6.07, 6.45) is 0.207. The second kappa shape index (κ2) is 10.5. The van der Waals surface area contributed by atoms with Crippen molar-refractivity contribution in [3.8, 4) is 17.2 Å². The summed E-state index contributed by atoms with van der Waals surface area (Å²) in [6, 6.07) is 14.7. The number of carbonyl (C=O) groups is 2. The van der Waals surface area contributed by atoms with Gasteiger partial charge in [-0.05, 0) is 62.4 Å². The van der Waals surface area contributed by atoms with Crippen molar-refractivity contribution in [1.29, 1.82) is 0 Å². The van der Waals surface area contributed by atoms with Gasteiger partial charge in [0.05, 0.1) is 25.7 Å². The lowest BCUT2D eigenvalue weighted by molar-refractivity contribution is -0.126. The van der Waals surface area contributed by atoms with E-state index in [9.17, 15) is 9.59 Å². The highest BCUT2D eigenvalue weighted by atomic mass is 16.5. The lowest BCUT2D eigenvalue weighted by Gasteiger charge is -2.17. The van der Waals surface area contributed by atoms with Crippen molar-refractivity contribution in [2.75, 3.05) is 37.8 Å². The molecule has 1 atom stereocenters. The first-order valence-corrected chi connectivity index (χ1v) is 10.3. The van der Waals surface area contributed by atoms with Crippen LogP contribution >= 0.6 is 0 Å². The molecule has 1 heterocycles. The van der Waals surface area contributed by atoms with Crippen LogP contribution in [0.3, 0.4) is 0 Å². The van der Waals surface area contributed by atoms with Gasteiger partial charge in [-0.1, -0.05) is 0 Å². The third-order valence-electron chi connectivity index (χ3n) is 4.76. The number of hydrogen-bond acceptors (Lipinski definition) is 5. The third-order valence-corrected chi connectivity index (χ3v) is 4.76. The van der Waals surface area contributed by atoms with E-state index >= 15 is 0 Å². The fourth-order valence-electron chi connectivity index (χ4n) is 3.31. The predicted molar refractivity (Wildman–Crippen MR) is 114 cm³/mol. The minimum absolute atomic E-state index is 0.0510. The largest absolute Gasteiger partial charge is 0.494 e. The van der Waals surface area contributed by atoms with Gasteiger partial charge < -0.3 is 24.4 Å². The maximum Gasteiger partial charge on any atom is 0.227 e. The zero-order chi connectivity index (χ0) is 21.3. The Kier molecular flexibility index (Phi) is 7.54. The highest BCUT2D eigenvalue weighted by Crippen LogP contribution is 2.27. The summed E-state index contributed by atoms with van der Waals surface area (Å²) in [5.41, 5.74) is 0.776. The number of rotatable bonds is 10. The zero-order valence-corrected chi connectivity index (χ0v) is 17.4. The molecule has 1 aliphatic heterocycles. The van der Waals surface area contributed by atoms with Crippen molar-refractivity contribution in [3.63, 3.8) is 0 Å². The van der Waals surface area contributed by atoms with Gasteiger partial charge >= 0.3 is 0 Å². The van der Waals surface area contributed by atoms with Crippen LogP contribution < -0.4 is 24.4 Å². The van der Waals surface area contributed by atoms with Crippen molar-refractivity contribution >= 4 is 17.5 Å². The Morgan fingerprint density at radius 3 is 2.03 bits per heavy atom. The SMILES string of the molecule is CCOc1ccc(OCCNC(=O)C2CC(=O)N(c3ccc(OCC)cc3)C2)cc1. The van der Waals surface area contributed by atoms with Gasteiger partial charge in [-0.15, -0.1) is 0 Å². The Labute approximate surface area is 176 Å². The highest BCUT2D eigenvalue weighted by Gasteiger charge is 2.34. The number of carbonyl (C=O) groups excluding carboxylic acids is 2. The van der Waals surface area contributed by atoms with Crippen molar-refractivity contribution in [3.05, 3.63) is 48.5 Å². The molecule has 2 amide bonds. The molecule has 1 aliphatic rings. The standard InChI is InChI=1S/C23H28N2O5/c1-3-28-19-7-5-18(6-8-19)25-16-17(15-22(25)26)23(27)24-13-14-30-21-11-9-20(10-12-21)29-4-2/h5-12,17H,3-4,13-16H2,1-2H3,(H,24,27). The fourth-order valence-corrected chi connectivity index (χ4v) is 3.31. The topological polar surface area (TPSA) is 77.1 Å². The van der Waals surface area contributed by atoms with E-state index in [1.54, 1.807) is 4.90 Å². The average molecular weight is 412 g/mol. The molecule has 0 aliphatic carbocycles. The maximum atomic E-state index is 12.5. The molecule has 2 aromatic carbocycles. The number of hydrogen-bond donors (Lipinski definition) is 1. The van der Waals surface area contributed by atoms with Crippen LogP contribution in [-0.4, -0.2) is 44.7 Å². The number of anilines is 1. The number of amides is 2. The summed E-state index contributed by atoms with van der Waals surface area (Å²) in [4.78, 5) is 26.5. The molecule has 1 fully saturated rings. The van der Waals surface area contributed by atoms with Crippen LogP contribution in [0, 0.1) is 5.92 Å². The molecule has 30 heavy (non-hydrogen) atoms. The van der Waals surface area contributed by atoms with E-state index in [1.807, 2.05) is 62.4 Å². The van der Waals surface area contributed by atoms with Gasteiger partial charge in [0, 0.05) is 18.7 Å². The lowest BCUT2D eigenvalue weighted by Crippen LogP contribution is -2.35. The van der Waals surface area contributed by atoms with Crippen LogP contribution in [0.1, 0.15) is 20.3 Å². The van der Waals surface area contributed by atoms with Gasteiger partial charge in [-0.25, -0.2) is 0 Å². The summed E-state index contributed by atoms with van der Waals surface area (Å²) >= 11 is 0. The molecular formula is C23H28N2O5. The van der Waals surface area contributed by atoms with Crippen LogP contribution in [0.2, 0.25) is 0 Å². The van der Waals surface area contributed by atoms with Crippen LogP contribution in [0.5, 0.6) is 17.2 Å². The van der Waals surface area contributed by atoms with Gasteiger partial charge in [-0.3, -0.25) is 9.59 Å². The van der Waals surface area contributed by atoms with Gasteiger partial charge in [0.25, 0.3) is 0 Å². The first-order valence-electron chi connectivity index (χ1n) is 10.3. The fraction of sp³-hybridized carbons (Fsp3) is 0.391. The zero-order valence-electron chi connectivity index (χ0n) is 17.4. The first kappa shape index (κ1) is 21.5. The van der Waals surface area contributed by atoms with E-state index in [-0.39, 0.29) is 24.2 Å². The maximum absolute atomic E-state index is 12.5. The van der Waals surface area contributed by atoms with Crippen LogP contribution in [-0.2, 0) is 9.59 Å². The molecule has 3 rings (SSSR count). The molecule has 1 unspecified atom stereocenters. The quantitative estimate of drug-likeness (QED) is 0.607. The molecule has 1 saturated heterocycles. The lowest BCUT2D eigenvalue weighted by atomic mass is 10.1. The second-order valence-corrected chi connectivity index (χ2v) is 6.88. The summed E-state index contributed by atoms with van der Waals surface area (Å²) < 4.78 is 16.5. The molecule has 0 bridgehead atoms. The number of benzene rings is 2. The van der Waals surface area contributed by atoms with Crippen molar-refractivity contribution in [2.24, 2.45) is 5.92 Å². The molecule has 0 aromatic heterocycles. The van der Waals surface area contributed by atoms with Gasteiger partial charge in [0.15, 0.2) is 0 Å². The third kappa shape index (κ3) is 5.65. The van der Waals surface area contributed by atoms with E-state index < -0.39 is 0 Å². The van der Waals surface area contributed by atoms with Gasteiger partial charge in [0.1, 0.15) is 23.9 Å². The van der Waals surface area contributed by atoms with Crippen LogP contribution in [0.25, 0.3) is 0 Å². The van der Waals surface area contributed by atoms with Gasteiger partial charge in [0.2, 0.25) is 11.8 Å². The number of nitrogens with zero attached hydrogens (tertiary/aromatic N) is 1. The predicted octanol–water partition coefficient (Wildman–Crippen LogP) is 3.03. The molecule has 0 spiro atoms. The van der Waals surface area contributed by atoms with Crippen LogP contribution in [0.15, 0.2) is 48.5 Å². The summed E-state index contributed by atoms with van der Waals surface area (Å²) in [7, 11) is 0. The summed E-state index contributed by atoms with van der Waals surface area (Å²) in [6.45, 7) is 6.16. The highest BCUT2D eigenvalue weighted by molar-refractivity contribution is 6.00. The van der Waals surface area contributed by atoms with E-state index in [1.165, 1.54) is 0 Å². The van der Waals surface area contributed by atoms with Crippen molar-refractivity contribution in [2.45, 2.75) is 20.3 Å². The van der Waals surface area contributed by atoms with E-state index in [2.05, 4.69) is 5.32 Å². The Hall–Kier alpha value is -3.22. The van der Waals surface area contributed by atoms with E-state index in [0.717, 1.165) is 17.2 Å². The normalized spacial score (nSPS) is 15.7. The Morgan fingerprint density at radius 2 is 1.47 bits per heavy atom. The summed E-state index contributed by atoms with van der Waals surface area (Å²) in [5.74, 6) is 1.72. The van der Waals surface area contributed by atoms with Crippen LogP contribution in [0.4, 0.5) is 5.69 Å². The van der Waals surface area contributed by atoms with Crippen molar-refractivity contribution in [1.82, 2.24) is 5.32 Å². The second-order valence-electron chi connectivity index (χ2n) is 6.88. The molecule has 0 saturated carbocycles. The molecule has 7 nitrogen and oxygen atoms in total. The Morgan fingerprint density at radius 1 is 0.933 bits per heavy atom. The molecule has 7 heteroatoms. The molecule has 2 aromatic rings. The monoisotopic (exact) mass is 412 g/mol. The number of ether oxygens (including phenoxy) is 3. The molecule has 0 radical (unpaired) electrons. The molecule has 160 valence electrons. The van der Waals surface area contributed by atoms with E-state index in [4.69, 9.17) is 14.2 Å². The minimum atomic E-state index is -0.366. The Balaban J connectivity index is 1.43. The number of nitrogens with one attached hydrogen (secondary N) is 1. The smallest absolute Gasteiger partial charge is 0.227 e. The van der Waals surface area contributed by atoms with Gasteiger partial charge in [-0.2, -0.15) is 0 Å². The molecule has 1 N–H and O–H groups in total. The van der Waals surface area contributed by atoms with E-state index in [0.29, 0.717) is 38.7 Å². The summed E-state index contributed by atoms with van der Waals surface area (Å²) in [5, 5.41) is 2.86. The average Bonchev–Trinajstić information content (AvgIpc) is 3.15. The molecular weight excluding hydrogens is 384 g/mol.